The van der Waals surface area contributed by atoms with Crippen LogP contribution in [0.25, 0.3) is 0 Å². The zero-order chi connectivity index (χ0) is 15.5. The van der Waals surface area contributed by atoms with Crippen molar-refractivity contribution in [3.8, 4) is 5.75 Å². The van der Waals surface area contributed by atoms with Crippen LogP contribution in [-0.4, -0.2) is 32.9 Å². The van der Waals surface area contributed by atoms with Gasteiger partial charge in [-0.05, 0) is 37.1 Å². The van der Waals surface area contributed by atoms with Gasteiger partial charge in [0.2, 0.25) is 0 Å². The molecule has 0 amide bonds. The number of ketones is 1. The van der Waals surface area contributed by atoms with Crippen LogP contribution in [0.5, 0.6) is 5.75 Å². The number of hydrogen-bond acceptors (Lipinski definition) is 5. The van der Waals surface area contributed by atoms with Crippen LogP contribution in [0.1, 0.15) is 29.2 Å². The fourth-order valence-electron chi connectivity index (χ4n) is 1.97. The van der Waals surface area contributed by atoms with Crippen molar-refractivity contribution in [2.24, 2.45) is 0 Å². The number of alkyl halides is 2. The highest BCUT2D eigenvalue weighted by atomic mass is 32.2. The summed E-state index contributed by atoms with van der Waals surface area (Å²) in [6, 6.07) is 6.13. The lowest BCUT2D eigenvalue weighted by Gasteiger charge is -2.06. The van der Waals surface area contributed by atoms with E-state index in [-0.39, 0.29) is 17.3 Å². The van der Waals surface area contributed by atoms with Gasteiger partial charge in [-0.2, -0.15) is 8.78 Å². The second kappa shape index (κ2) is 6.43. The van der Waals surface area contributed by atoms with Crippen LogP contribution >= 0.6 is 11.8 Å². The molecule has 5 nitrogen and oxygen atoms in total. The molecule has 0 saturated heterocycles. The van der Waals surface area contributed by atoms with E-state index in [0.29, 0.717) is 11.6 Å². The van der Waals surface area contributed by atoms with Crippen LogP contribution in [0.15, 0.2) is 35.7 Å². The highest BCUT2D eigenvalue weighted by Crippen LogP contribution is 2.37. The van der Waals surface area contributed by atoms with Crippen molar-refractivity contribution in [1.82, 2.24) is 14.8 Å². The van der Waals surface area contributed by atoms with Gasteiger partial charge in [0.1, 0.15) is 12.1 Å². The van der Waals surface area contributed by atoms with Crippen molar-refractivity contribution in [2.45, 2.75) is 30.7 Å². The minimum absolute atomic E-state index is 0.0349. The normalized spacial score (nSPS) is 14.3. The molecule has 0 aliphatic heterocycles. The average molecular weight is 325 g/mol. The van der Waals surface area contributed by atoms with E-state index in [1.165, 1.54) is 36.0 Å². The first-order valence-corrected chi connectivity index (χ1v) is 7.72. The summed E-state index contributed by atoms with van der Waals surface area (Å²) in [4.78, 5) is 12.1. The predicted molar refractivity (Wildman–Crippen MR) is 76.4 cm³/mol. The van der Waals surface area contributed by atoms with Crippen LogP contribution < -0.4 is 4.74 Å². The molecule has 22 heavy (non-hydrogen) atoms. The monoisotopic (exact) mass is 325 g/mol. The first kappa shape index (κ1) is 15.0. The van der Waals surface area contributed by atoms with E-state index in [9.17, 15) is 13.6 Å². The third-order valence-electron chi connectivity index (χ3n) is 3.21. The number of benzene rings is 1. The van der Waals surface area contributed by atoms with Gasteiger partial charge >= 0.3 is 6.61 Å². The molecule has 0 spiro atoms. The quantitative estimate of drug-likeness (QED) is 0.578. The Hall–Kier alpha value is -1.96. The van der Waals surface area contributed by atoms with E-state index in [4.69, 9.17) is 0 Å². The summed E-state index contributed by atoms with van der Waals surface area (Å²) >= 11 is 1.33. The summed E-state index contributed by atoms with van der Waals surface area (Å²) in [5, 5.41) is 8.61. The third kappa shape index (κ3) is 3.62. The van der Waals surface area contributed by atoms with Crippen molar-refractivity contribution >= 4 is 17.5 Å². The molecule has 1 saturated carbocycles. The molecule has 3 rings (SSSR count). The molecule has 1 aliphatic rings. The number of carbonyl (C=O) groups excluding carboxylic acids is 1. The molecule has 1 heterocycles. The van der Waals surface area contributed by atoms with E-state index in [1.54, 1.807) is 6.33 Å². The number of nitrogens with zero attached hydrogens (tertiary/aromatic N) is 3. The van der Waals surface area contributed by atoms with Gasteiger partial charge in [0.15, 0.2) is 10.9 Å². The van der Waals surface area contributed by atoms with Crippen LogP contribution in [-0.2, 0) is 0 Å². The molecule has 1 fully saturated rings. The summed E-state index contributed by atoms with van der Waals surface area (Å²) < 4.78 is 30.3. The number of hydrogen-bond donors (Lipinski definition) is 0. The number of rotatable bonds is 7. The van der Waals surface area contributed by atoms with E-state index >= 15 is 0 Å². The number of halogens is 2. The molecule has 2 aromatic rings. The molecule has 0 bridgehead atoms. The Bertz CT molecular complexity index is 656. The van der Waals surface area contributed by atoms with Crippen molar-refractivity contribution in [1.29, 1.82) is 0 Å². The van der Waals surface area contributed by atoms with Gasteiger partial charge in [-0.3, -0.25) is 4.79 Å². The Morgan fingerprint density at radius 2 is 2.09 bits per heavy atom. The molecule has 0 radical (unpaired) electrons. The Morgan fingerprint density at radius 1 is 1.36 bits per heavy atom. The lowest BCUT2D eigenvalue weighted by molar-refractivity contribution is -0.0498. The summed E-state index contributed by atoms with van der Waals surface area (Å²) in [5.41, 5.74) is 0.451. The third-order valence-corrected chi connectivity index (χ3v) is 4.17. The lowest BCUT2D eigenvalue weighted by Crippen LogP contribution is -2.05. The maximum atomic E-state index is 12.1. The number of carbonyl (C=O) groups is 1. The van der Waals surface area contributed by atoms with Crippen molar-refractivity contribution in [2.75, 3.05) is 5.75 Å². The summed E-state index contributed by atoms with van der Waals surface area (Å²) in [5.74, 6) is 0.159. The van der Waals surface area contributed by atoms with Gasteiger partial charge in [0.25, 0.3) is 0 Å². The zero-order valence-electron chi connectivity index (χ0n) is 11.5. The first-order chi connectivity index (χ1) is 10.6. The number of Topliss-reactive ketones (excluding diaryl/α,β-unsaturated/α-hetero) is 1. The molecule has 1 aliphatic carbocycles. The SMILES string of the molecule is O=C(CSc1nncn1C1CC1)c1ccc(OC(F)F)cc1. The van der Waals surface area contributed by atoms with Gasteiger partial charge in [-0.15, -0.1) is 10.2 Å². The van der Waals surface area contributed by atoms with E-state index in [2.05, 4.69) is 14.9 Å². The summed E-state index contributed by atoms with van der Waals surface area (Å²) in [7, 11) is 0. The summed E-state index contributed by atoms with van der Waals surface area (Å²) in [6.45, 7) is -2.87. The maximum absolute atomic E-state index is 12.1. The maximum Gasteiger partial charge on any atom is 0.387 e. The van der Waals surface area contributed by atoms with Crippen LogP contribution in [0.2, 0.25) is 0 Å². The molecule has 8 heteroatoms. The standard InChI is InChI=1S/C14H13F2N3O2S/c15-13(16)21-11-5-1-9(2-6-11)12(20)7-22-14-18-17-8-19(14)10-3-4-10/h1-2,5-6,8,10,13H,3-4,7H2. The average Bonchev–Trinajstić information content (AvgIpc) is 3.23. The zero-order valence-corrected chi connectivity index (χ0v) is 12.3. The Balaban J connectivity index is 1.58. The highest BCUT2D eigenvalue weighted by molar-refractivity contribution is 7.99. The minimum Gasteiger partial charge on any atom is -0.435 e. The van der Waals surface area contributed by atoms with Crippen molar-refractivity contribution < 1.29 is 18.3 Å². The fraction of sp³-hybridized carbons (Fsp3) is 0.357. The smallest absolute Gasteiger partial charge is 0.387 e. The first-order valence-electron chi connectivity index (χ1n) is 6.74. The molecule has 0 N–H and O–H groups in total. The van der Waals surface area contributed by atoms with Crippen LogP contribution in [0.3, 0.4) is 0 Å². The molecule has 116 valence electrons. The van der Waals surface area contributed by atoms with E-state index < -0.39 is 6.61 Å². The molecule has 1 aromatic heterocycles. The molecule has 0 atom stereocenters. The second-order valence-electron chi connectivity index (χ2n) is 4.87. The van der Waals surface area contributed by atoms with Crippen molar-refractivity contribution in [3.05, 3.63) is 36.2 Å². The second-order valence-corrected chi connectivity index (χ2v) is 5.81. The molecule has 0 unspecified atom stereocenters. The van der Waals surface area contributed by atoms with Gasteiger partial charge < -0.3 is 9.30 Å². The Kier molecular flexibility index (Phi) is 4.37. The lowest BCUT2D eigenvalue weighted by atomic mass is 10.1. The topological polar surface area (TPSA) is 57.0 Å². The number of thioether (sulfide) groups is 1. The van der Waals surface area contributed by atoms with E-state index in [1.807, 2.05) is 4.57 Å². The summed E-state index contributed by atoms with van der Waals surface area (Å²) in [6.07, 6.45) is 3.91. The molecular formula is C14H13F2N3O2S. The Labute approximate surface area is 129 Å². The largest absolute Gasteiger partial charge is 0.435 e. The highest BCUT2D eigenvalue weighted by Gasteiger charge is 2.26. The predicted octanol–water partition coefficient (Wildman–Crippen LogP) is 3.19. The minimum atomic E-state index is -2.87. The van der Waals surface area contributed by atoms with Gasteiger partial charge in [0, 0.05) is 11.6 Å². The van der Waals surface area contributed by atoms with Crippen LogP contribution in [0, 0.1) is 0 Å². The number of ether oxygens (including phenoxy) is 1. The van der Waals surface area contributed by atoms with Crippen LogP contribution in [0.4, 0.5) is 8.78 Å². The fourth-order valence-corrected chi connectivity index (χ4v) is 2.85. The Morgan fingerprint density at radius 3 is 2.73 bits per heavy atom. The van der Waals surface area contributed by atoms with Gasteiger partial charge in [-0.1, -0.05) is 11.8 Å². The molecule has 1 aromatic carbocycles. The van der Waals surface area contributed by atoms with Gasteiger partial charge in [-0.25, -0.2) is 0 Å². The van der Waals surface area contributed by atoms with E-state index in [0.717, 1.165) is 18.0 Å². The number of aromatic nitrogens is 3. The van der Waals surface area contributed by atoms with Crippen molar-refractivity contribution in [3.63, 3.8) is 0 Å². The van der Waals surface area contributed by atoms with Gasteiger partial charge in [0.05, 0.1) is 5.75 Å². The molecular weight excluding hydrogens is 312 g/mol.